The summed E-state index contributed by atoms with van der Waals surface area (Å²) in [5.41, 5.74) is 0. The number of thioether (sulfide) groups is 1. The van der Waals surface area contributed by atoms with Gasteiger partial charge in [0.25, 0.3) is 0 Å². The van der Waals surface area contributed by atoms with Crippen LogP contribution in [-0.4, -0.2) is 12.9 Å². The molecule has 0 atom stereocenters. The Morgan fingerprint density at radius 1 is 1.43 bits per heavy atom. The molecule has 0 aliphatic heterocycles. The molecule has 0 spiro atoms. The lowest BCUT2D eigenvalue weighted by Crippen LogP contribution is -1.86. The van der Waals surface area contributed by atoms with Crippen molar-refractivity contribution in [2.45, 2.75) is 17.7 Å². The Morgan fingerprint density at radius 3 is 2.93 bits per heavy atom. The summed E-state index contributed by atoms with van der Waals surface area (Å²) in [7, 11) is 1.70. The summed E-state index contributed by atoms with van der Waals surface area (Å²) in [5, 5.41) is 0. The van der Waals surface area contributed by atoms with E-state index in [-0.39, 0.29) is 0 Å². The highest BCUT2D eigenvalue weighted by molar-refractivity contribution is 7.99. The molecule has 74 valence electrons. The maximum Gasteiger partial charge on any atom is 0.132 e. The van der Waals surface area contributed by atoms with E-state index in [0.29, 0.717) is 0 Å². The van der Waals surface area contributed by atoms with Crippen molar-refractivity contribution in [3.63, 3.8) is 0 Å². The van der Waals surface area contributed by atoms with E-state index in [4.69, 9.17) is 11.2 Å². The number of rotatable bonds is 5. The summed E-state index contributed by atoms with van der Waals surface area (Å²) in [6, 6.07) is 8.04. The summed E-state index contributed by atoms with van der Waals surface area (Å²) >= 11 is 1.79. The molecule has 0 N–H and O–H groups in total. The Balaban J connectivity index is 2.46. The number of methoxy groups -OCH3 is 1. The standard InChI is InChI=1S/C12H14OS/c1-3-4-7-10-14-12-9-6-5-8-11(12)13-2/h1,5-6,8-9H,4,7,10H2,2H3. The quantitative estimate of drug-likeness (QED) is 0.415. The molecule has 2 heteroatoms. The van der Waals surface area contributed by atoms with Crippen LogP contribution in [0.3, 0.4) is 0 Å². The summed E-state index contributed by atoms with van der Waals surface area (Å²) in [5.74, 6) is 4.63. The van der Waals surface area contributed by atoms with E-state index in [9.17, 15) is 0 Å². The van der Waals surface area contributed by atoms with Crippen LogP contribution in [0, 0.1) is 12.3 Å². The minimum Gasteiger partial charge on any atom is -0.496 e. The monoisotopic (exact) mass is 206 g/mol. The number of hydrogen-bond donors (Lipinski definition) is 0. The fourth-order valence-electron chi connectivity index (χ4n) is 1.09. The maximum atomic E-state index is 5.24. The first-order valence-corrected chi connectivity index (χ1v) is 5.56. The summed E-state index contributed by atoms with van der Waals surface area (Å²) in [6.45, 7) is 0. The average Bonchev–Trinajstić information content (AvgIpc) is 2.25. The largest absolute Gasteiger partial charge is 0.496 e. The predicted molar refractivity (Wildman–Crippen MR) is 61.8 cm³/mol. The van der Waals surface area contributed by atoms with Crippen LogP contribution in [0.25, 0.3) is 0 Å². The minimum atomic E-state index is 0.849. The summed E-state index contributed by atoms with van der Waals surface area (Å²) in [6.07, 6.45) is 7.08. The highest BCUT2D eigenvalue weighted by atomic mass is 32.2. The fourth-order valence-corrected chi connectivity index (χ4v) is 2.07. The maximum absolute atomic E-state index is 5.24. The molecular weight excluding hydrogens is 192 g/mol. The molecule has 0 aliphatic carbocycles. The molecule has 0 aliphatic rings. The van der Waals surface area contributed by atoms with Crippen molar-refractivity contribution in [3.8, 4) is 18.1 Å². The molecule has 0 aromatic heterocycles. The molecule has 1 aromatic carbocycles. The SMILES string of the molecule is C#CCCCSc1ccccc1OC. The van der Waals surface area contributed by atoms with Gasteiger partial charge in [-0.15, -0.1) is 24.1 Å². The molecule has 0 radical (unpaired) electrons. The molecule has 0 unspecified atom stereocenters. The number of ether oxygens (including phenoxy) is 1. The highest BCUT2D eigenvalue weighted by Crippen LogP contribution is 2.29. The molecular formula is C12H14OS. The third-order valence-corrected chi connectivity index (χ3v) is 2.93. The summed E-state index contributed by atoms with van der Waals surface area (Å²) < 4.78 is 5.24. The Kier molecular flexibility index (Phi) is 5.03. The molecule has 1 nitrogen and oxygen atoms in total. The van der Waals surface area contributed by atoms with Gasteiger partial charge in [0.05, 0.1) is 7.11 Å². The van der Waals surface area contributed by atoms with E-state index < -0.39 is 0 Å². The smallest absolute Gasteiger partial charge is 0.132 e. The second kappa shape index (κ2) is 6.39. The molecule has 0 heterocycles. The molecule has 1 rings (SSSR count). The first kappa shape index (κ1) is 11.0. The van der Waals surface area contributed by atoms with Crippen molar-refractivity contribution >= 4 is 11.8 Å². The molecule has 0 fully saturated rings. The van der Waals surface area contributed by atoms with Crippen molar-refractivity contribution in [2.75, 3.05) is 12.9 Å². The predicted octanol–water partition coefficient (Wildman–Crippen LogP) is 3.20. The van der Waals surface area contributed by atoms with Crippen LogP contribution >= 0.6 is 11.8 Å². The van der Waals surface area contributed by atoms with Crippen LogP contribution in [-0.2, 0) is 0 Å². The Hall–Kier alpha value is -1.07. The second-order valence-corrected chi connectivity index (χ2v) is 3.94. The van der Waals surface area contributed by atoms with Gasteiger partial charge >= 0.3 is 0 Å². The number of hydrogen-bond acceptors (Lipinski definition) is 2. The number of unbranched alkanes of at least 4 members (excludes halogenated alkanes) is 1. The molecule has 1 aromatic rings. The van der Waals surface area contributed by atoms with Crippen LogP contribution < -0.4 is 4.74 Å². The van der Waals surface area contributed by atoms with E-state index in [2.05, 4.69) is 12.0 Å². The Bertz CT molecular complexity index is 314. The van der Waals surface area contributed by atoms with E-state index in [1.165, 1.54) is 4.90 Å². The van der Waals surface area contributed by atoms with Gasteiger partial charge in [0.1, 0.15) is 5.75 Å². The molecule has 0 bridgehead atoms. The average molecular weight is 206 g/mol. The van der Waals surface area contributed by atoms with Gasteiger partial charge in [-0.2, -0.15) is 0 Å². The molecule has 14 heavy (non-hydrogen) atoms. The number of terminal acetylenes is 1. The molecule has 0 amide bonds. The van der Waals surface area contributed by atoms with E-state index in [0.717, 1.165) is 24.3 Å². The van der Waals surface area contributed by atoms with Gasteiger partial charge in [-0.1, -0.05) is 12.1 Å². The fraction of sp³-hybridized carbons (Fsp3) is 0.333. The zero-order valence-corrected chi connectivity index (χ0v) is 9.14. The van der Waals surface area contributed by atoms with Gasteiger partial charge in [0, 0.05) is 11.3 Å². The highest BCUT2D eigenvalue weighted by Gasteiger charge is 2.00. The van der Waals surface area contributed by atoms with Crippen molar-refractivity contribution in [2.24, 2.45) is 0 Å². The minimum absolute atomic E-state index is 0.849. The third-order valence-electron chi connectivity index (χ3n) is 1.79. The van der Waals surface area contributed by atoms with Crippen LogP contribution in [0.5, 0.6) is 5.75 Å². The topological polar surface area (TPSA) is 9.23 Å². The van der Waals surface area contributed by atoms with Crippen LogP contribution in [0.4, 0.5) is 0 Å². The van der Waals surface area contributed by atoms with Crippen LogP contribution in [0.2, 0.25) is 0 Å². The van der Waals surface area contributed by atoms with Gasteiger partial charge in [-0.3, -0.25) is 0 Å². The van der Waals surface area contributed by atoms with E-state index in [1.807, 2.05) is 18.2 Å². The second-order valence-electron chi connectivity index (χ2n) is 2.81. The normalized spacial score (nSPS) is 9.43. The van der Waals surface area contributed by atoms with Gasteiger partial charge in [0.2, 0.25) is 0 Å². The van der Waals surface area contributed by atoms with Gasteiger partial charge in [-0.05, 0) is 24.3 Å². The van der Waals surface area contributed by atoms with Crippen LogP contribution in [0.15, 0.2) is 29.2 Å². The first-order chi connectivity index (χ1) is 6.88. The molecule has 0 saturated heterocycles. The third kappa shape index (κ3) is 3.35. The number of benzene rings is 1. The van der Waals surface area contributed by atoms with Gasteiger partial charge in [0.15, 0.2) is 0 Å². The lowest BCUT2D eigenvalue weighted by atomic mass is 10.3. The van der Waals surface area contributed by atoms with Crippen molar-refractivity contribution in [3.05, 3.63) is 24.3 Å². The lowest BCUT2D eigenvalue weighted by Gasteiger charge is -2.06. The number of para-hydroxylation sites is 1. The van der Waals surface area contributed by atoms with Crippen molar-refractivity contribution in [1.29, 1.82) is 0 Å². The lowest BCUT2D eigenvalue weighted by molar-refractivity contribution is 0.405. The van der Waals surface area contributed by atoms with Crippen molar-refractivity contribution < 1.29 is 4.74 Å². The first-order valence-electron chi connectivity index (χ1n) is 4.57. The van der Waals surface area contributed by atoms with E-state index in [1.54, 1.807) is 18.9 Å². The van der Waals surface area contributed by atoms with Crippen LogP contribution in [0.1, 0.15) is 12.8 Å². The van der Waals surface area contributed by atoms with Gasteiger partial charge < -0.3 is 4.74 Å². The molecule has 0 saturated carbocycles. The summed E-state index contributed by atoms with van der Waals surface area (Å²) in [4.78, 5) is 1.19. The van der Waals surface area contributed by atoms with Gasteiger partial charge in [-0.25, -0.2) is 0 Å². The van der Waals surface area contributed by atoms with Crippen molar-refractivity contribution in [1.82, 2.24) is 0 Å². The zero-order valence-electron chi connectivity index (χ0n) is 8.32. The zero-order chi connectivity index (χ0) is 10.2. The van der Waals surface area contributed by atoms with E-state index >= 15 is 0 Å². The Labute approximate surface area is 89.9 Å². The Morgan fingerprint density at radius 2 is 2.21 bits per heavy atom.